The molecule has 0 radical (unpaired) electrons. The lowest BCUT2D eigenvalue weighted by Crippen LogP contribution is -2.41. The largest absolute Gasteiger partial charge is 0.512 e. The van der Waals surface area contributed by atoms with Crippen molar-refractivity contribution in [1.29, 1.82) is 0 Å². The second kappa shape index (κ2) is 7.69. The van der Waals surface area contributed by atoms with Crippen LogP contribution < -0.4 is 18.7 Å². The number of benzene rings is 2. The molecule has 8 nitrogen and oxygen atoms in total. The van der Waals surface area contributed by atoms with Gasteiger partial charge in [-0.1, -0.05) is 0 Å². The third kappa shape index (κ3) is 4.17. The van der Waals surface area contributed by atoms with Crippen molar-refractivity contribution < 1.29 is 28.0 Å². The molecule has 9 heteroatoms. The minimum Gasteiger partial charge on any atom is -0.512 e. The van der Waals surface area contributed by atoms with Crippen LogP contribution in [0.1, 0.15) is 0 Å². The van der Waals surface area contributed by atoms with E-state index in [2.05, 4.69) is 0 Å². The van der Waals surface area contributed by atoms with E-state index in [1.54, 1.807) is 48.5 Å². The molecule has 0 N–H and O–H groups in total. The fraction of sp³-hybridized carbons (Fsp3) is 0.0909. The van der Waals surface area contributed by atoms with Crippen molar-refractivity contribution >= 4 is 43.6 Å². The van der Waals surface area contributed by atoms with Gasteiger partial charge in [0.05, 0.1) is 11.4 Å². The summed E-state index contributed by atoms with van der Waals surface area (Å²) < 4.78 is 12.1. The van der Waals surface area contributed by atoms with Crippen LogP contribution in [-0.2, 0) is 19.2 Å². The Morgan fingerprint density at radius 3 is 1.13 bits per heavy atom. The number of hydrogen-bond donors (Lipinski definition) is 0. The lowest BCUT2D eigenvalue weighted by Gasteiger charge is -2.25. The van der Waals surface area contributed by atoms with Crippen LogP contribution in [0.3, 0.4) is 0 Å². The maximum absolute atomic E-state index is 11.8. The van der Waals surface area contributed by atoms with Crippen LogP contribution in [0.25, 0.3) is 0 Å². The van der Waals surface area contributed by atoms with Gasteiger partial charge >= 0.3 is 8.56 Å². The Morgan fingerprint density at radius 1 is 0.548 bits per heavy atom. The maximum Gasteiger partial charge on any atom is 0.454 e. The predicted octanol–water partition coefficient (Wildman–Crippen LogP) is 2.71. The molecule has 0 fully saturated rings. The normalized spacial score (nSPS) is 15.9. The highest BCUT2D eigenvalue weighted by atomic mass is 28.4. The van der Waals surface area contributed by atoms with Crippen LogP contribution in [0, 0.1) is 0 Å². The summed E-state index contributed by atoms with van der Waals surface area (Å²) in [5.74, 6) is -0.435. The van der Waals surface area contributed by atoms with Gasteiger partial charge in [-0.15, -0.1) is 0 Å². The van der Waals surface area contributed by atoms with Crippen molar-refractivity contribution in [1.82, 2.24) is 0 Å². The fourth-order valence-corrected chi connectivity index (χ4v) is 4.67. The van der Waals surface area contributed by atoms with Gasteiger partial charge in [-0.2, -0.15) is 0 Å². The third-order valence-corrected chi connectivity index (χ3v) is 5.99. The van der Waals surface area contributed by atoms with Crippen LogP contribution in [0.2, 0.25) is 13.1 Å². The minimum absolute atomic E-state index is 0.381. The molecule has 0 bridgehead atoms. The second-order valence-electron chi connectivity index (χ2n) is 7.28. The van der Waals surface area contributed by atoms with Crippen LogP contribution >= 0.6 is 0 Å². The molecule has 0 spiro atoms. The Kier molecular flexibility index (Phi) is 5.03. The first-order chi connectivity index (χ1) is 14.7. The molecular weight excluding hydrogens is 416 g/mol. The van der Waals surface area contributed by atoms with Crippen molar-refractivity contribution in [3.63, 3.8) is 0 Å². The Labute approximate surface area is 179 Å². The summed E-state index contributed by atoms with van der Waals surface area (Å²) >= 11 is 0. The number of imide groups is 2. The number of carbonyl (C=O) groups excluding carboxylic acids is 4. The van der Waals surface area contributed by atoms with E-state index in [1.165, 1.54) is 24.3 Å². The molecule has 4 amide bonds. The van der Waals surface area contributed by atoms with E-state index in [9.17, 15) is 19.2 Å². The highest BCUT2D eigenvalue weighted by Crippen LogP contribution is 2.27. The van der Waals surface area contributed by atoms with E-state index in [0.29, 0.717) is 22.9 Å². The van der Waals surface area contributed by atoms with E-state index < -0.39 is 8.56 Å². The third-order valence-electron chi connectivity index (χ3n) is 4.54. The van der Waals surface area contributed by atoms with Gasteiger partial charge in [0, 0.05) is 37.4 Å². The van der Waals surface area contributed by atoms with E-state index in [-0.39, 0.29) is 23.6 Å². The Morgan fingerprint density at radius 2 is 0.839 bits per heavy atom. The Bertz CT molecular complexity index is 1010. The van der Waals surface area contributed by atoms with Gasteiger partial charge in [0.2, 0.25) is 0 Å². The van der Waals surface area contributed by atoms with Crippen molar-refractivity contribution in [3.8, 4) is 11.5 Å². The lowest BCUT2D eigenvalue weighted by atomic mass is 10.3. The fourth-order valence-electron chi connectivity index (χ4n) is 3.22. The first kappa shape index (κ1) is 20.3. The van der Waals surface area contributed by atoms with Gasteiger partial charge in [-0.05, 0) is 48.5 Å². The highest BCUT2D eigenvalue weighted by Gasteiger charge is 2.30. The molecule has 2 aliphatic rings. The average molecular weight is 434 g/mol. The summed E-state index contributed by atoms with van der Waals surface area (Å²) in [6.07, 6.45) is 4.92. The molecule has 0 atom stereocenters. The number of hydrogen-bond acceptors (Lipinski definition) is 6. The summed E-state index contributed by atoms with van der Waals surface area (Å²) in [7, 11) is -2.66. The van der Waals surface area contributed by atoms with Crippen molar-refractivity contribution in [2.45, 2.75) is 13.1 Å². The van der Waals surface area contributed by atoms with Gasteiger partial charge in [0.25, 0.3) is 23.6 Å². The Balaban J connectivity index is 1.41. The highest BCUT2D eigenvalue weighted by molar-refractivity contribution is 6.66. The molecule has 0 unspecified atom stereocenters. The zero-order chi connectivity index (χ0) is 22.2. The molecule has 0 saturated carbocycles. The molecule has 0 saturated heterocycles. The second-order valence-corrected chi connectivity index (χ2v) is 10.5. The zero-order valence-electron chi connectivity index (χ0n) is 16.8. The van der Waals surface area contributed by atoms with Crippen molar-refractivity contribution in [2.24, 2.45) is 0 Å². The van der Waals surface area contributed by atoms with E-state index >= 15 is 0 Å². The van der Waals surface area contributed by atoms with E-state index in [4.69, 9.17) is 8.85 Å². The summed E-state index contributed by atoms with van der Waals surface area (Å²) in [5, 5.41) is 0. The molecule has 156 valence electrons. The van der Waals surface area contributed by atoms with E-state index in [1.807, 2.05) is 13.1 Å². The minimum atomic E-state index is -2.66. The van der Waals surface area contributed by atoms with Crippen molar-refractivity contribution in [3.05, 3.63) is 72.8 Å². The van der Waals surface area contributed by atoms with Gasteiger partial charge < -0.3 is 8.85 Å². The number of carbonyl (C=O) groups is 4. The van der Waals surface area contributed by atoms with Gasteiger partial charge in [0.1, 0.15) is 11.5 Å². The van der Waals surface area contributed by atoms with Crippen LogP contribution in [-0.4, -0.2) is 32.2 Å². The molecular formula is C22H18N2O6Si. The SMILES string of the molecule is C[Si](C)(Oc1ccc(N2C(=O)C=CC2=O)cc1)Oc1ccc(N2C(=O)C=CC2=O)cc1. The molecule has 2 aliphatic heterocycles. The number of rotatable bonds is 6. The summed E-state index contributed by atoms with van der Waals surface area (Å²) in [6.45, 7) is 3.73. The van der Waals surface area contributed by atoms with E-state index in [0.717, 1.165) is 9.80 Å². The summed E-state index contributed by atoms with van der Waals surface area (Å²) in [5.41, 5.74) is 0.924. The zero-order valence-corrected chi connectivity index (χ0v) is 17.8. The molecule has 2 heterocycles. The Hall–Kier alpha value is -3.98. The molecule has 2 aromatic carbocycles. The van der Waals surface area contributed by atoms with Gasteiger partial charge in [0.15, 0.2) is 0 Å². The molecule has 2 aromatic rings. The topological polar surface area (TPSA) is 93.2 Å². The monoisotopic (exact) mass is 434 g/mol. The average Bonchev–Trinajstić information content (AvgIpc) is 3.23. The quantitative estimate of drug-likeness (QED) is 0.513. The standard InChI is InChI=1S/C22H18N2O6Si/c1-31(2,29-17-7-3-15(4-8-17)23-19(25)11-12-20(23)26)30-18-9-5-16(6-10-18)24-21(27)13-14-22(24)28/h3-14H,1-2H3. The van der Waals surface area contributed by atoms with Crippen LogP contribution in [0.15, 0.2) is 72.8 Å². The maximum atomic E-state index is 11.8. The molecule has 0 aromatic heterocycles. The predicted molar refractivity (Wildman–Crippen MR) is 115 cm³/mol. The molecule has 4 rings (SSSR count). The van der Waals surface area contributed by atoms with Gasteiger partial charge in [-0.25, -0.2) is 9.80 Å². The summed E-state index contributed by atoms with van der Waals surface area (Å²) in [6, 6.07) is 13.2. The number of anilines is 2. The lowest BCUT2D eigenvalue weighted by molar-refractivity contribution is -0.121. The number of nitrogens with zero attached hydrogens (tertiary/aromatic N) is 2. The van der Waals surface area contributed by atoms with Crippen LogP contribution in [0.5, 0.6) is 11.5 Å². The molecule has 0 aliphatic carbocycles. The first-order valence-corrected chi connectivity index (χ1v) is 12.3. The number of amides is 4. The molecule has 31 heavy (non-hydrogen) atoms. The van der Waals surface area contributed by atoms with Gasteiger partial charge in [-0.3, -0.25) is 19.2 Å². The van der Waals surface area contributed by atoms with Crippen LogP contribution in [0.4, 0.5) is 11.4 Å². The first-order valence-electron chi connectivity index (χ1n) is 9.44. The smallest absolute Gasteiger partial charge is 0.454 e. The summed E-state index contributed by atoms with van der Waals surface area (Å²) in [4.78, 5) is 49.3. The van der Waals surface area contributed by atoms with Crippen molar-refractivity contribution in [2.75, 3.05) is 9.80 Å².